The highest BCUT2D eigenvalue weighted by atomic mass is 16.7. The topological polar surface area (TPSA) is 18.5 Å². The summed E-state index contributed by atoms with van der Waals surface area (Å²) < 4.78 is 12.0. The van der Waals surface area contributed by atoms with Crippen molar-refractivity contribution in [3.05, 3.63) is 66.9 Å². The lowest BCUT2D eigenvalue weighted by atomic mass is 9.75. The highest BCUT2D eigenvalue weighted by molar-refractivity contribution is 6.66. The molecule has 0 aromatic heterocycles. The largest absolute Gasteiger partial charge is 0.564 e. The van der Waals surface area contributed by atoms with Gasteiger partial charge in [0.15, 0.2) is 0 Å². The van der Waals surface area contributed by atoms with Gasteiger partial charge in [-0.3, -0.25) is 0 Å². The normalized spacial score (nSPS) is 17.2. The summed E-state index contributed by atoms with van der Waals surface area (Å²) in [5.41, 5.74) is 0.596. The van der Waals surface area contributed by atoms with Crippen LogP contribution in [-0.2, 0) is 9.31 Å². The van der Waals surface area contributed by atoms with E-state index in [0.29, 0.717) is 5.76 Å². The second-order valence-corrected chi connectivity index (χ2v) is 6.23. The number of fused-ring (bicyclic) bond motifs is 3. The Morgan fingerprint density at radius 2 is 1.55 bits per heavy atom. The Hall–Kier alpha value is -2.26. The maximum absolute atomic E-state index is 6.08. The Morgan fingerprint density at radius 3 is 2.23 bits per heavy atom. The molecule has 0 unspecified atom stereocenters. The van der Waals surface area contributed by atoms with Crippen LogP contribution >= 0.6 is 0 Å². The van der Waals surface area contributed by atoms with Gasteiger partial charge in [-0.25, -0.2) is 0 Å². The Kier molecular flexibility index (Phi) is 2.82. The minimum Gasteiger partial charge on any atom is -0.534 e. The Labute approximate surface area is 130 Å². The first-order chi connectivity index (χ1) is 10.6. The van der Waals surface area contributed by atoms with E-state index in [4.69, 9.17) is 9.31 Å². The summed E-state index contributed by atoms with van der Waals surface area (Å²) in [6.45, 7) is 7.95. The Balaban J connectivity index is 1.99. The molecule has 1 heterocycles. The Bertz CT molecular complexity index is 898. The van der Waals surface area contributed by atoms with Crippen LogP contribution in [0.15, 0.2) is 66.9 Å². The molecule has 4 rings (SSSR count). The molecule has 0 N–H and O–H groups in total. The summed E-state index contributed by atoms with van der Waals surface area (Å²) in [7, 11) is -0.406. The molecular formula is C19H17BO2. The zero-order valence-electron chi connectivity index (χ0n) is 12.8. The number of rotatable bonds is 1. The van der Waals surface area contributed by atoms with E-state index in [0.717, 1.165) is 10.8 Å². The van der Waals surface area contributed by atoms with Crippen LogP contribution in [0.2, 0.25) is 0 Å². The molecule has 0 aliphatic carbocycles. The maximum Gasteiger partial charge on any atom is 0.564 e. The van der Waals surface area contributed by atoms with Gasteiger partial charge in [0.2, 0.25) is 0 Å². The molecule has 22 heavy (non-hydrogen) atoms. The third kappa shape index (κ3) is 1.93. The first kappa shape index (κ1) is 13.4. The lowest BCUT2D eigenvalue weighted by molar-refractivity contribution is 0.173. The van der Waals surface area contributed by atoms with Gasteiger partial charge in [0.1, 0.15) is 5.60 Å². The second-order valence-electron chi connectivity index (χ2n) is 6.23. The summed E-state index contributed by atoms with van der Waals surface area (Å²) >= 11 is 0. The van der Waals surface area contributed by atoms with Gasteiger partial charge in [-0.05, 0) is 35.4 Å². The molecule has 3 aromatic carbocycles. The van der Waals surface area contributed by atoms with Gasteiger partial charge < -0.3 is 9.31 Å². The molecule has 3 aromatic rings. The van der Waals surface area contributed by atoms with Crippen LogP contribution in [0.5, 0.6) is 0 Å². The molecule has 1 aliphatic rings. The van der Waals surface area contributed by atoms with Crippen molar-refractivity contribution in [1.29, 1.82) is 0 Å². The highest BCUT2D eigenvalue weighted by Gasteiger charge is 2.43. The van der Waals surface area contributed by atoms with Gasteiger partial charge in [-0.15, -0.1) is 0 Å². The molecule has 0 atom stereocenters. The van der Waals surface area contributed by atoms with Crippen molar-refractivity contribution in [1.82, 2.24) is 0 Å². The number of hydrogen-bond acceptors (Lipinski definition) is 2. The van der Waals surface area contributed by atoms with Gasteiger partial charge in [0.05, 0.1) is 5.76 Å². The quantitative estimate of drug-likeness (QED) is 0.497. The summed E-state index contributed by atoms with van der Waals surface area (Å²) in [4.78, 5) is 0. The molecule has 0 bridgehead atoms. The predicted molar refractivity (Wildman–Crippen MR) is 92.2 cm³/mol. The van der Waals surface area contributed by atoms with Gasteiger partial charge in [0, 0.05) is 5.46 Å². The van der Waals surface area contributed by atoms with Gasteiger partial charge in [-0.1, -0.05) is 61.2 Å². The Morgan fingerprint density at radius 1 is 0.909 bits per heavy atom. The van der Waals surface area contributed by atoms with Crippen LogP contribution in [0.25, 0.3) is 21.5 Å². The van der Waals surface area contributed by atoms with Crippen molar-refractivity contribution in [3.8, 4) is 0 Å². The lowest BCUT2D eigenvalue weighted by Gasteiger charge is -2.16. The predicted octanol–water partition coefficient (Wildman–Crippen LogP) is 4.03. The fourth-order valence-corrected chi connectivity index (χ4v) is 3.03. The fourth-order valence-electron chi connectivity index (χ4n) is 3.03. The van der Waals surface area contributed by atoms with Crippen LogP contribution < -0.4 is 5.46 Å². The van der Waals surface area contributed by atoms with Crippen molar-refractivity contribution in [2.75, 3.05) is 0 Å². The van der Waals surface area contributed by atoms with E-state index in [9.17, 15) is 0 Å². The summed E-state index contributed by atoms with van der Waals surface area (Å²) in [6.07, 6.45) is 0. The SMILES string of the molecule is C=C1OB(c2cc3ccccc3c3ccccc23)OC1(C)C. The number of benzene rings is 3. The molecule has 1 fully saturated rings. The van der Waals surface area contributed by atoms with Crippen molar-refractivity contribution in [2.24, 2.45) is 0 Å². The summed E-state index contributed by atoms with van der Waals surface area (Å²) in [6, 6.07) is 19.0. The third-order valence-corrected chi connectivity index (χ3v) is 4.38. The fraction of sp³-hybridized carbons (Fsp3) is 0.158. The van der Waals surface area contributed by atoms with E-state index in [1.54, 1.807) is 0 Å². The van der Waals surface area contributed by atoms with Gasteiger partial charge >= 0.3 is 7.12 Å². The van der Waals surface area contributed by atoms with E-state index in [1.165, 1.54) is 16.2 Å². The van der Waals surface area contributed by atoms with Crippen LogP contribution in [0.4, 0.5) is 0 Å². The van der Waals surface area contributed by atoms with Crippen molar-refractivity contribution >= 4 is 34.1 Å². The van der Waals surface area contributed by atoms with E-state index in [1.807, 2.05) is 13.8 Å². The van der Waals surface area contributed by atoms with E-state index in [2.05, 4.69) is 61.2 Å². The molecule has 0 spiro atoms. The third-order valence-electron chi connectivity index (χ3n) is 4.38. The summed E-state index contributed by atoms with van der Waals surface area (Å²) in [5.74, 6) is 0.676. The molecule has 0 radical (unpaired) electrons. The summed E-state index contributed by atoms with van der Waals surface area (Å²) in [5, 5.41) is 4.83. The molecule has 3 heteroatoms. The minimum absolute atomic E-state index is 0.406. The van der Waals surface area contributed by atoms with Crippen LogP contribution in [0.1, 0.15) is 13.8 Å². The molecule has 2 nitrogen and oxygen atoms in total. The zero-order valence-corrected chi connectivity index (χ0v) is 12.8. The zero-order chi connectivity index (χ0) is 15.3. The van der Waals surface area contributed by atoms with Crippen molar-refractivity contribution in [2.45, 2.75) is 19.4 Å². The van der Waals surface area contributed by atoms with Gasteiger partial charge in [0.25, 0.3) is 0 Å². The standard InChI is InChI=1S/C19H17BO2/c1-13-19(2,3)22-20(21-13)18-12-14-8-4-5-9-15(14)16-10-6-7-11-17(16)18/h4-12H,1H2,2-3H3. The molecule has 0 saturated carbocycles. The van der Waals surface area contributed by atoms with Crippen LogP contribution in [-0.4, -0.2) is 12.7 Å². The van der Waals surface area contributed by atoms with E-state index in [-0.39, 0.29) is 0 Å². The lowest BCUT2D eigenvalue weighted by Crippen LogP contribution is -2.35. The maximum atomic E-state index is 6.08. The molecule has 0 amide bonds. The molecule has 1 saturated heterocycles. The molecular weight excluding hydrogens is 271 g/mol. The molecule has 1 aliphatic heterocycles. The first-order valence-corrected chi connectivity index (χ1v) is 7.50. The van der Waals surface area contributed by atoms with Gasteiger partial charge in [-0.2, -0.15) is 0 Å². The van der Waals surface area contributed by atoms with Crippen molar-refractivity contribution < 1.29 is 9.31 Å². The first-order valence-electron chi connectivity index (χ1n) is 7.50. The monoisotopic (exact) mass is 288 g/mol. The van der Waals surface area contributed by atoms with E-state index < -0.39 is 12.7 Å². The van der Waals surface area contributed by atoms with E-state index >= 15 is 0 Å². The second kappa shape index (κ2) is 4.62. The minimum atomic E-state index is -0.461. The smallest absolute Gasteiger partial charge is 0.534 e. The molecule has 108 valence electrons. The highest BCUT2D eigenvalue weighted by Crippen LogP contribution is 2.31. The van der Waals surface area contributed by atoms with Crippen LogP contribution in [0.3, 0.4) is 0 Å². The van der Waals surface area contributed by atoms with Crippen LogP contribution in [0, 0.1) is 0 Å². The number of hydrogen-bond donors (Lipinski definition) is 0. The average Bonchev–Trinajstić information content (AvgIpc) is 2.80. The average molecular weight is 288 g/mol. The van der Waals surface area contributed by atoms with Crippen molar-refractivity contribution in [3.63, 3.8) is 0 Å².